The summed E-state index contributed by atoms with van der Waals surface area (Å²) in [5.41, 5.74) is 0.106. The SMILES string of the molecule is C[C@@H](Nc1ncc2cc(C3CCN(C(=O)O)CC3)c(=O)n(C)c2n1)c1cccc(C(F)F)c1F. The number of halogens is 3. The summed E-state index contributed by atoms with van der Waals surface area (Å²) in [6.45, 7) is 2.33. The van der Waals surface area contributed by atoms with Crippen LogP contribution in [0.15, 0.2) is 35.3 Å². The van der Waals surface area contributed by atoms with Gasteiger partial charge in [0.2, 0.25) is 5.95 Å². The van der Waals surface area contributed by atoms with Crippen LogP contribution in [0.25, 0.3) is 11.0 Å². The highest BCUT2D eigenvalue weighted by Crippen LogP contribution is 2.30. The predicted octanol–water partition coefficient (Wildman–Crippen LogP) is 4.44. The third-order valence-electron chi connectivity index (χ3n) is 6.29. The molecule has 2 N–H and O–H groups in total. The van der Waals surface area contributed by atoms with Crippen molar-refractivity contribution in [3.8, 4) is 0 Å². The Labute approximate surface area is 193 Å². The number of piperidine rings is 1. The maximum Gasteiger partial charge on any atom is 0.407 e. The molecule has 1 saturated heterocycles. The van der Waals surface area contributed by atoms with Crippen molar-refractivity contribution in [2.75, 3.05) is 18.4 Å². The summed E-state index contributed by atoms with van der Waals surface area (Å²) < 4.78 is 42.0. The molecule has 0 bridgehead atoms. The van der Waals surface area contributed by atoms with Crippen molar-refractivity contribution in [3.63, 3.8) is 0 Å². The molecule has 0 radical (unpaired) electrons. The monoisotopic (exact) mass is 475 g/mol. The number of hydrogen-bond acceptors (Lipinski definition) is 5. The molecule has 11 heteroatoms. The maximum atomic E-state index is 14.5. The number of aryl methyl sites for hydroxylation is 1. The molecule has 3 aromatic rings. The molecule has 0 spiro atoms. The van der Waals surface area contributed by atoms with E-state index < -0.39 is 29.9 Å². The molecular formula is C23H24F3N5O3. The first-order valence-electron chi connectivity index (χ1n) is 10.8. The molecule has 34 heavy (non-hydrogen) atoms. The second-order valence-corrected chi connectivity index (χ2v) is 8.40. The summed E-state index contributed by atoms with van der Waals surface area (Å²) in [5, 5.41) is 12.7. The van der Waals surface area contributed by atoms with Crippen molar-refractivity contribution in [1.29, 1.82) is 0 Å². The van der Waals surface area contributed by atoms with Gasteiger partial charge in [-0.15, -0.1) is 0 Å². The van der Waals surface area contributed by atoms with Crippen molar-refractivity contribution >= 4 is 23.1 Å². The van der Waals surface area contributed by atoms with Crippen LogP contribution in [0.2, 0.25) is 0 Å². The fraction of sp³-hybridized carbons (Fsp3) is 0.391. The number of carboxylic acid groups (broad SMARTS) is 1. The number of anilines is 1. The van der Waals surface area contributed by atoms with E-state index in [0.717, 1.165) is 6.07 Å². The third-order valence-corrected chi connectivity index (χ3v) is 6.29. The molecule has 0 saturated carbocycles. The first kappa shape index (κ1) is 23.5. The minimum absolute atomic E-state index is 0.0541. The maximum absolute atomic E-state index is 14.5. The number of likely N-dealkylation sites (tertiary alicyclic amines) is 1. The van der Waals surface area contributed by atoms with E-state index in [1.165, 1.54) is 21.6 Å². The molecule has 3 heterocycles. The summed E-state index contributed by atoms with van der Waals surface area (Å²) in [6.07, 6.45) is -1.25. The molecule has 2 aromatic heterocycles. The van der Waals surface area contributed by atoms with E-state index in [9.17, 15) is 22.8 Å². The van der Waals surface area contributed by atoms with Gasteiger partial charge in [-0.05, 0) is 31.7 Å². The molecule has 1 amide bonds. The van der Waals surface area contributed by atoms with Crippen molar-refractivity contribution in [1.82, 2.24) is 19.4 Å². The van der Waals surface area contributed by atoms with Crippen LogP contribution in [0.1, 0.15) is 54.8 Å². The quantitative estimate of drug-likeness (QED) is 0.566. The van der Waals surface area contributed by atoms with Crippen molar-refractivity contribution < 1.29 is 23.1 Å². The predicted molar refractivity (Wildman–Crippen MR) is 120 cm³/mol. The lowest BCUT2D eigenvalue weighted by Crippen LogP contribution is -2.38. The molecule has 0 aliphatic carbocycles. The third kappa shape index (κ3) is 4.42. The second kappa shape index (κ2) is 9.32. The number of hydrogen-bond donors (Lipinski definition) is 2. The van der Waals surface area contributed by atoms with E-state index in [-0.39, 0.29) is 23.0 Å². The number of nitrogens with zero attached hydrogens (tertiary/aromatic N) is 4. The van der Waals surface area contributed by atoms with Crippen molar-refractivity contribution in [2.45, 2.75) is 38.2 Å². The average molecular weight is 475 g/mol. The Morgan fingerprint density at radius 3 is 2.56 bits per heavy atom. The van der Waals surface area contributed by atoms with Gasteiger partial charge >= 0.3 is 6.09 Å². The lowest BCUT2D eigenvalue weighted by atomic mass is 9.90. The van der Waals surface area contributed by atoms with E-state index >= 15 is 0 Å². The fourth-order valence-corrected chi connectivity index (χ4v) is 4.36. The van der Waals surface area contributed by atoms with Gasteiger partial charge in [0.15, 0.2) is 0 Å². The van der Waals surface area contributed by atoms with Crippen molar-refractivity contribution in [3.05, 3.63) is 63.3 Å². The number of nitrogens with one attached hydrogen (secondary N) is 1. The Hall–Kier alpha value is -3.63. The zero-order chi connectivity index (χ0) is 24.6. The number of aromatic nitrogens is 3. The topological polar surface area (TPSA) is 100 Å². The summed E-state index contributed by atoms with van der Waals surface area (Å²) in [5.74, 6) is -0.926. The van der Waals surface area contributed by atoms with Crippen LogP contribution in [0, 0.1) is 5.82 Å². The zero-order valence-electron chi connectivity index (χ0n) is 18.6. The molecule has 0 unspecified atom stereocenters. The van der Waals surface area contributed by atoms with Crippen LogP contribution in [-0.4, -0.2) is 43.7 Å². The minimum Gasteiger partial charge on any atom is -0.465 e. The van der Waals surface area contributed by atoms with E-state index in [4.69, 9.17) is 5.11 Å². The Morgan fingerprint density at radius 2 is 1.91 bits per heavy atom. The zero-order valence-corrected chi connectivity index (χ0v) is 18.6. The fourth-order valence-electron chi connectivity index (χ4n) is 4.36. The van der Waals surface area contributed by atoms with Gasteiger partial charge in [-0.3, -0.25) is 9.36 Å². The highest BCUT2D eigenvalue weighted by atomic mass is 19.3. The number of rotatable bonds is 5. The Morgan fingerprint density at radius 1 is 1.24 bits per heavy atom. The van der Waals surface area contributed by atoms with Gasteiger partial charge in [0, 0.05) is 42.8 Å². The molecule has 1 fully saturated rings. The van der Waals surface area contributed by atoms with Crippen LogP contribution in [0.3, 0.4) is 0 Å². The van der Waals surface area contributed by atoms with Crippen LogP contribution in [0.4, 0.5) is 23.9 Å². The molecule has 1 aliphatic rings. The number of carbonyl (C=O) groups is 1. The van der Waals surface area contributed by atoms with Gasteiger partial charge in [0.1, 0.15) is 11.5 Å². The number of alkyl halides is 2. The van der Waals surface area contributed by atoms with Crippen LogP contribution in [0.5, 0.6) is 0 Å². The largest absolute Gasteiger partial charge is 0.465 e. The van der Waals surface area contributed by atoms with Gasteiger partial charge in [-0.25, -0.2) is 22.9 Å². The van der Waals surface area contributed by atoms with E-state index in [0.29, 0.717) is 42.5 Å². The lowest BCUT2D eigenvalue weighted by molar-refractivity contribution is 0.132. The summed E-state index contributed by atoms with van der Waals surface area (Å²) in [4.78, 5) is 34.2. The molecule has 180 valence electrons. The Bertz CT molecular complexity index is 1290. The minimum atomic E-state index is -2.93. The number of pyridine rings is 1. The lowest BCUT2D eigenvalue weighted by Gasteiger charge is -2.30. The number of fused-ring (bicyclic) bond motifs is 1. The highest BCUT2D eigenvalue weighted by Gasteiger charge is 2.26. The molecule has 1 aromatic carbocycles. The van der Waals surface area contributed by atoms with Gasteiger partial charge in [-0.2, -0.15) is 4.98 Å². The second-order valence-electron chi connectivity index (χ2n) is 8.40. The van der Waals surface area contributed by atoms with Gasteiger partial charge in [-0.1, -0.05) is 18.2 Å². The van der Waals surface area contributed by atoms with E-state index in [1.54, 1.807) is 26.2 Å². The molecule has 1 aliphatic heterocycles. The van der Waals surface area contributed by atoms with E-state index in [2.05, 4.69) is 15.3 Å². The van der Waals surface area contributed by atoms with Gasteiger partial charge in [0.05, 0.1) is 11.6 Å². The van der Waals surface area contributed by atoms with Gasteiger partial charge in [0.25, 0.3) is 12.0 Å². The van der Waals surface area contributed by atoms with Crippen LogP contribution < -0.4 is 10.9 Å². The van der Waals surface area contributed by atoms with E-state index in [1.807, 2.05) is 0 Å². The first-order valence-corrected chi connectivity index (χ1v) is 10.8. The Kier molecular flexibility index (Phi) is 6.45. The number of benzene rings is 1. The standard InChI is InChI=1S/C23H24F3N5O3/c1-12(15-4-3-5-16(18(15)24)19(25)26)28-22-27-11-14-10-17(21(32)30(2)20(14)29-22)13-6-8-31(9-7-13)23(33)34/h3-5,10-13,19H,6-9H2,1-2H3,(H,33,34)(H,27,28,29)/t12-/m1/s1. The van der Waals surface area contributed by atoms with Gasteiger partial charge < -0.3 is 15.3 Å². The molecule has 1 atom stereocenters. The molecule has 4 rings (SSSR count). The normalized spacial score (nSPS) is 15.6. The molecular weight excluding hydrogens is 451 g/mol. The summed E-state index contributed by atoms with van der Waals surface area (Å²) >= 11 is 0. The Balaban J connectivity index is 1.60. The summed E-state index contributed by atoms with van der Waals surface area (Å²) in [6, 6.07) is 4.86. The first-order chi connectivity index (χ1) is 16.2. The van der Waals surface area contributed by atoms with Crippen LogP contribution in [-0.2, 0) is 7.05 Å². The van der Waals surface area contributed by atoms with Crippen molar-refractivity contribution in [2.24, 2.45) is 7.05 Å². The highest BCUT2D eigenvalue weighted by molar-refractivity contribution is 5.76. The summed E-state index contributed by atoms with van der Waals surface area (Å²) in [7, 11) is 1.59. The average Bonchev–Trinajstić information content (AvgIpc) is 2.81. The smallest absolute Gasteiger partial charge is 0.407 e. The van der Waals surface area contributed by atoms with Crippen LogP contribution >= 0.6 is 0 Å². The molecule has 8 nitrogen and oxygen atoms in total. The number of amides is 1.